The first-order valence-electron chi connectivity index (χ1n) is 6.20. The third kappa shape index (κ3) is 3.20. The number of carbonyl (C=O) groups excluding carboxylic acids is 1. The lowest BCUT2D eigenvalue weighted by Crippen LogP contribution is -2.45. The van der Waals surface area contributed by atoms with Crippen LogP contribution in [-0.2, 0) is 11.2 Å². The van der Waals surface area contributed by atoms with Crippen LogP contribution in [0.4, 0.5) is 5.13 Å². The zero-order valence-corrected chi connectivity index (χ0v) is 11.7. The Kier molecular flexibility index (Phi) is 4.19. The van der Waals surface area contributed by atoms with Crippen LogP contribution in [0.25, 0.3) is 0 Å². The SMILES string of the molecule is CN(C)C1CCN(C(=O)Cc2csc(N)n2)CC1. The zero-order chi connectivity index (χ0) is 13.1. The first-order valence-corrected chi connectivity index (χ1v) is 7.08. The first-order chi connectivity index (χ1) is 8.56. The number of carbonyl (C=O) groups is 1. The van der Waals surface area contributed by atoms with Gasteiger partial charge in [-0.1, -0.05) is 0 Å². The Hall–Kier alpha value is -1.14. The van der Waals surface area contributed by atoms with Gasteiger partial charge < -0.3 is 15.5 Å². The fourth-order valence-corrected chi connectivity index (χ4v) is 2.87. The van der Waals surface area contributed by atoms with E-state index in [4.69, 9.17) is 5.73 Å². The highest BCUT2D eigenvalue weighted by molar-refractivity contribution is 7.13. The van der Waals surface area contributed by atoms with E-state index in [1.54, 1.807) is 0 Å². The van der Waals surface area contributed by atoms with E-state index in [-0.39, 0.29) is 5.91 Å². The van der Waals surface area contributed by atoms with Crippen LogP contribution in [0, 0.1) is 0 Å². The smallest absolute Gasteiger partial charge is 0.228 e. The van der Waals surface area contributed by atoms with E-state index >= 15 is 0 Å². The third-order valence-electron chi connectivity index (χ3n) is 3.45. The summed E-state index contributed by atoms with van der Waals surface area (Å²) in [5.74, 6) is 0.164. The number of hydrogen-bond acceptors (Lipinski definition) is 5. The first kappa shape index (κ1) is 13.3. The van der Waals surface area contributed by atoms with Crippen LogP contribution in [0.15, 0.2) is 5.38 Å². The Morgan fingerprint density at radius 1 is 1.56 bits per heavy atom. The number of aromatic nitrogens is 1. The lowest BCUT2D eigenvalue weighted by Gasteiger charge is -2.35. The highest BCUT2D eigenvalue weighted by Gasteiger charge is 2.24. The number of piperidine rings is 1. The fourth-order valence-electron chi connectivity index (χ4n) is 2.30. The molecule has 5 nitrogen and oxygen atoms in total. The normalized spacial score (nSPS) is 17.4. The minimum atomic E-state index is 0.164. The highest BCUT2D eigenvalue weighted by Crippen LogP contribution is 2.16. The lowest BCUT2D eigenvalue weighted by molar-refractivity contribution is -0.132. The van der Waals surface area contributed by atoms with Crippen molar-refractivity contribution in [2.45, 2.75) is 25.3 Å². The molecule has 6 heteroatoms. The second kappa shape index (κ2) is 5.67. The molecule has 0 unspecified atom stereocenters. The molecular formula is C12H20N4OS. The Labute approximate surface area is 112 Å². The molecule has 0 atom stereocenters. The van der Waals surface area contributed by atoms with Gasteiger partial charge in [0.1, 0.15) is 0 Å². The van der Waals surface area contributed by atoms with E-state index < -0.39 is 0 Å². The molecule has 18 heavy (non-hydrogen) atoms. The van der Waals surface area contributed by atoms with Crippen molar-refractivity contribution >= 4 is 22.4 Å². The second-order valence-corrected chi connectivity index (χ2v) is 5.82. The van der Waals surface area contributed by atoms with Gasteiger partial charge >= 0.3 is 0 Å². The van der Waals surface area contributed by atoms with Gasteiger partial charge in [0.15, 0.2) is 5.13 Å². The minimum absolute atomic E-state index is 0.164. The number of hydrogen-bond donors (Lipinski definition) is 1. The maximum atomic E-state index is 12.1. The van der Waals surface area contributed by atoms with E-state index in [2.05, 4.69) is 24.0 Å². The van der Waals surface area contributed by atoms with Crippen LogP contribution < -0.4 is 5.73 Å². The topological polar surface area (TPSA) is 62.5 Å². The van der Waals surface area contributed by atoms with Crippen LogP contribution in [0.5, 0.6) is 0 Å². The molecule has 1 fully saturated rings. The van der Waals surface area contributed by atoms with Gasteiger partial charge in [0, 0.05) is 24.5 Å². The van der Waals surface area contributed by atoms with Crippen molar-refractivity contribution in [3.05, 3.63) is 11.1 Å². The number of likely N-dealkylation sites (tertiary alicyclic amines) is 1. The molecule has 2 rings (SSSR count). The number of anilines is 1. The van der Waals surface area contributed by atoms with E-state index in [9.17, 15) is 4.79 Å². The number of nitrogens with two attached hydrogens (primary N) is 1. The van der Waals surface area contributed by atoms with E-state index in [1.165, 1.54) is 11.3 Å². The van der Waals surface area contributed by atoms with Gasteiger partial charge in [-0.05, 0) is 26.9 Å². The molecule has 2 N–H and O–H groups in total. The Morgan fingerprint density at radius 3 is 2.72 bits per heavy atom. The standard InChI is InChI=1S/C12H20N4OS/c1-15(2)10-3-5-16(6-4-10)11(17)7-9-8-18-12(13)14-9/h8,10H,3-7H2,1-2H3,(H2,13,14). The number of nitrogen functional groups attached to an aromatic ring is 1. The molecule has 1 amide bonds. The van der Waals surface area contributed by atoms with Crippen LogP contribution in [0.1, 0.15) is 18.5 Å². The average molecular weight is 268 g/mol. The maximum Gasteiger partial charge on any atom is 0.228 e. The molecule has 0 radical (unpaired) electrons. The Morgan fingerprint density at radius 2 is 2.22 bits per heavy atom. The van der Waals surface area contributed by atoms with Crippen LogP contribution >= 0.6 is 11.3 Å². The number of thiazole rings is 1. The van der Waals surface area contributed by atoms with Crippen molar-refractivity contribution < 1.29 is 4.79 Å². The molecule has 1 aromatic rings. The summed E-state index contributed by atoms with van der Waals surface area (Å²) in [5, 5.41) is 2.39. The summed E-state index contributed by atoms with van der Waals surface area (Å²) < 4.78 is 0. The van der Waals surface area contributed by atoms with Gasteiger partial charge in [-0.15, -0.1) is 11.3 Å². The molecule has 0 aliphatic carbocycles. The molecule has 0 spiro atoms. The van der Waals surface area contributed by atoms with Crippen LogP contribution in [-0.4, -0.2) is 53.9 Å². The summed E-state index contributed by atoms with van der Waals surface area (Å²) in [7, 11) is 4.19. The van der Waals surface area contributed by atoms with Crippen molar-refractivity contribution in [2.75, 3.05) is 32.9 Å². The summed E-state index contributed by atoms with van der Waals surface area (Å²) in [6.45, 7) is 1.70. The van der Waals surface area contributed by atoms with Gasteiger partial charge in [-0.3, -0.25) is 4.79 Å². The Balaban J connectivity index is 1.84. The molecular weight excluding hydrogens is 248 g/mol. The fraction of sp³-hybridized carbons (Fsp3) is 0.667. The van der Waals surface area contributed by atoms with E-state index in [0.29, 0.717) is 17.6 Å². The second-order valence-electron chi connectivity index (χ2n) is 4.93. The van der Waals surface area contributed by atoms with E-state index in [1.807, 2.05) is 10.3 Å². The van der Waals surface area contributed by atoms with Gasteiger partial charge in [0.25, 0.3) is 0 Å². The van der Waals surface area contributed by atoms with Crippen molar-refractivity contribution in [1.82, 2.24) is 14.8 Å². The minimum Gasteiger partial charge on any atom is -0.375 e. The summed E-state index contributed by atoms with van der Waals surface area (Å²) in [4.78, 5) is 20.4. The maximum absolute atomic E-state index is 12.1. The zero-order valence-electron chi connectivity index (χ0n) is 10.9. The number of rotatable bonds is 3. The summed E-state index contributed by atoms with van der Waals surface area (Å²) in [6.07, 6.45) is 2.48. The molecule has 1 saturated heterocycles. The van der Waals surface area contributed by atoms with Crippen LogP contribution in [0.2, 0.25) is 0 Å². The van der Waals surface area contributed by atoms with Gasteiger partial charge in [0.05, 0.1) is 12.1 Å². The van der Waals surface area contributed by atoms with Gasteiger partial charge in [-0.2, -0.15) is 0 Å². The predicted octanol–water partition coefficient (Wildman–Crippen LogP) is 0.820. The quantitative estimate of drug-likeness (QED) is 0.881. The van der Waals surface area contributed by atoms with Gasteiger partial charge in [0.2, 0.25) is 5.91 Å². The van der Waals surface area contributed by atoms with Crippen LogP contribution in [0.3, 0.4) is 0 Å². The largest absolute Gasteiger partial charge is 0.375 e. The summed E-state index contributed by atoms with van der Waals surface area (Å²) >= 11 is 1.39. The van der Waals surface area contributed by atoms with Crippen molar-refractivity contribution in [2.24, 2.45) is 0 Å². The van der Waals surface area contributed by atoms with E-state index in [0.717, 1.165) is 31.6 Å². The predicted molar refractivity (Wildman–Crippen MR) is 73.5 cm³/mol. The monoisotopic (exact) mass is 268 g/mol. The molecule has 0 saturated carbocycles. The molecule has 1 aliphatic rings. The molecule has 0 bridgehead atoms. The van der Waals surface area contributed by atoms with Crippen molar-refractivity contribution in [3.8, 4) is 0 Å². The molecule has 100 valence electrons. The van der Waals surface area contributed by atoms with Crippen molar-refractivity contribution in [3.63, 3.8) is 0 Å². The summed E-state index contributed by atoms with van der Waals surface area (Å²) in [6, 6.07) is 0.601. The average Bonchev–Trinajstić information content (AvgIpc) is 2.75. The molecule has 1 aliphatic heterocycles. The molecule has 2 heterocycles. The number of amides is 1. The third-order valence-corrected chi connectivity index (χ3v) is 4.17. The molecule has 1 aromatic heterocycles. The number of nitrogens with zero attached hydrogens (tertiary/aromatic N) is 3. The molecule has 0 aromatic carbocycles. The Bertz CT molecular complexity index is 410. The highest BCUT2D eigenvalue weighted by atomic mass is 32.1. The lowest BCUT2D eigenvalue weighted by atomic mass is 10.0. The van der Waals surface area contributed by atoms with Gasteiger partial charge in [-0.25, -0.2) is 4.98 Å². The summed E-state index contributed by atoms with van der Waals surface area (Å²) in [5.41, 5.74) is 6.35. The van der Waals surface area contributed by atoms with Crippen molar-refractivity contribution in [1.29, 1.82) is 0 Å².